The Morgan fingerprint density at radius 1 is 1.09 bits per heavy atom. The van der Waals surface area contributed by atoms with E-state index in [2.05, 4.69) is 4.74 Å². The maximum Gasteiger partial charge on any atom is 0.419 e. The normalized spacial score (nSPS) is 11.3. The Bertz CT molecular complexity index is 667. The fourth-order valence-electron chi connectivity index (χ4n) is 2.02. The summed E-state index contributed by atoms with van der Waals surface area (Å²) in [6.45, 7) is -0.0760. The summed E-state index contributed by atoms with van der Waals surface area (Å²) in [5.74, 6) is -0.840. The lowest BCUT2D eigenvalue weighted by Gasteiger charge is -2.13. The molecule has 0 spiro atoms. The Labute approximate surface area is 131 Å². The molecule has 2 rings (SSSR count). The summed E-state index contributed by atoms with van der Waals surface area (Å²) in [5, 5.41) is 0. The van der Waals surface area contributed by atoms with E-state index in [0.717, 1.165) is 24.8 Å². The minimum atomic E-state index is -4.59. The number of hydrogen-bond acceptors (Lipinski definition) is 3. The van der Waals surface area contributed by atoms with Crippen LogP contribution in [0.2, 0.25) is 0 Å². The third-order valence-electron chi connectivity index (χ3n) is 3.17. The van der Waals surface area contributed by atoms with Crippen LogP contribution in [0.1, 0.15) is 21.5 Å². The molecule has 122 valence electrons. The molecular formula is C17H15F3O3. The number of halogens is 3. The number of carbonyl (C=O) groups excluding carboxylic acids is 1. The van der Waals surface area contributed by atoms with Gasteiger partial charge in [0.25, 0.3) is 0 Å². The molecule has 0 amide bonds. The Hall–Kier alpha value is -2.34. The fourth-order valence-corrected chi connectivity index (χ4v) is 2.02. The minimum absolute atomic E-state index is 0.0637. The summed E-state index contributed by atoms with van der Waals surface area (Å²) >= 11 is 0. The SMILES string of the molecule is COc1ccc(C(=O)COCc2ccccc2)cc1C(F)(F)F. The number of carbonyl (C=O) groups is 1. The lowest BCUT2D eigenvalue weighted by molar-refractivity contribution is -0.138. The van der Waals surface area contributed by atoms with Crippen LogP contribution in [0.4, 0.5) is 13.2 Å². The van der Waals surface area contributed by atoms with E-state index < -0.39 is 17.5 Å². The quantitative estimate of drug-likeness (QED) is 0.750. The highest BCUT2D eigenvalue weighted by Crippen LogP contribution is 2.36. The monoisotopic (exact) mass is 324 g/mol. The highest BCUT2D eigenvalue weighted by atomic mass is 19.4. The topological polar surface area (TPSA) is 35.5 Å². The van der Waals surface area contributed by atoms with Crippen molar-refractivity contribution in [1.82, 2.24) is 0 Å². The van der Waals surface area contributed by atoms with E-state index in [1.165, 1.54) is 6.07 Å². The molecule has 3 nitrogen and oxygen atoms in total. The third kappa shape index (κ3) is 4.56. The Morgan fingerprint density at radius 2 is 1.78 bits per heavy atom. The van der Waals surface area contributed by atoms with E-state index in [1.807, 2.05) is 30.3 Å². The Kier molecular flexibility index (Phi) is 5.39. The van der Waals surface area contributed by atoms with Crippen molar-refractivity contribution in [3.05, 3.63) is 65.2 Å². The summed E-state index contributed by atoms with van der Waals surface area (Å²) in [6.07, 6.45) is -4.59. The van der Waals surface area contributed by atoms with Crippen LogP contribution >= 0.6 is 0 Å². The van der Waals surface area contributed by atoms with Crippen LogP contribution < -0.4 is 4.74 Å². The summed E-state index contributed by atoms with van der Waals surface area (Å²) < 4.78 is 48.7. The largest absolute Gasteiger partial charge is 0.496 e. The number of hydrogen-bond donors (Lipinski definition) is 0. The number of rotatable bonds is 6. The molecule has 0 saturated heterocycles. The van der Waals surface area contributed by atoms with Gasteiger partial charge in [0.05, 0.1) is 19.3 Å². The number of ether oxygens (including phenoxy) is 2. The molecule has 0 aliphatic heterocycles. The Balaban J connectivity index is 2.05. The molecule has 0 aliphatic carbocycles. The van der Waals surface area contributed by atoms with Gasteiger partial charge in [0.1, 0.15) is 12.4 Å². The first-order chi connectivity index (χ1) is 10.9. The van der Waals surface area contributed by atoms with Gasteiger partial charge in [-0.25, -0.2) is 0 Å². The lowest BCUT2D eigenvalue weighted by atomic mass is 10.1. The predicted octanol–water partition coefficient (Wildman–Crippen LogP) is 4.11. The van der Waals surface area contributed by atoms with Crippen LogP contribution in [0.25, 0.3) is 0 Å². The molecule has 0 unspecified atom stereocenters. The van der Waals surface area contributed by atoms with E-state index in [4.69, 9.17) is 4.74 Å². The minimum Gasteiger partial charge on any atom is -0.496 e. The fraction of sp³-hybridized carbons (Fsp3) is 0.235. The van der Waals surface area contributed by atoms with Crippen molar-refractivity contribution >= 4 is 5.78 Å². The van der Waals surface area contributed by atoms with Crippen LogP contribution in [0.15, 0.2) is 48.5 Å². The maximum atomic E-state index is 12.9. The van der Waals surface area contributed by atoms with Crippen LogP contribution in [-0.4, -0.2) is 19.5 Å². The van der Waals surface area contributed by atoms with Crippen LogP contribution in [0, 0.1) is 0 Å². The van der Waals surface area contributed by atoms with E-state index in [9.17, 15) is 18.0 Å². The molecule has 0 aliphatic rings. The molecule has 0 atom stereocenters. The molecule has 0 radical (unpaired) electrons. The average Bonchev–Trinajstić information content (AvgIpc) is 2.54. The summed E-state index contributed by atoms with van der Waals surface area (Å²) in [6, 6.07) is 12.4. The highest BCUT2D eigenvalue weighted by Gasteiger charge is 2.35. The number of Topliss-reactive ketones (excluding diaryl/α,β-unsaturated/α-hetero) is 1. The van der Waals surface area contributed by atoms with Gasteiger partial charge in [-0.2, -0.15) is 13.2 Å². The second-order valence-electron chi connectivity index (χ2n) is 4.81. The first kappa shape index (κ1) is 17.0. The van der Waals surface area contributed by atoms with Gasteiger partial charge in [-0.3, -0.25) is 4.79 Å². The molecular weight excluding hydrogens is 309 g/mol. The molecule has 0 aromatic heterocycles. The maximum absolute atomic E-state index is 12.9. The molecule has 2 aromatic carbocycles. The predicted molar refractivity (Wildman–Crippen MR) is 78.4 cm³/mol. The zero-order chi connectivity index (χ0) is 16.9. The van der Waals surface area contributed by atoms with Crippen LogP contribution in [-0.2, 0) is 17.5 Å². The van der Waals surface area contributed by atoms with E-state index in [0.29, 0.717) is 0 Å². The van der Waals surface area contributed by atoms with Crippen molar-refractivity contribution in [1.29, 1.82) is 0 Å². The molecule has 0 bridgehead atoms. The molecule has 0 fully saturated rings. The van der Waals surface area contributed by atoms with E-state index in [1.54, 1.807) is 0 Å². The van der Waals surface area contributed by atoms with Crippen molar-refractivity contribution in [2.75, 3.05) is 13.7 Å². The van der Waals surface area contributed by atoms with Crippen molar-refractivity contribution in [2.45, 2.75) is 12.8 Å². The van der Waals surface area contributed by atoms with Gasteiger partial charge in [-0.1, -0.05) is 30.3 Å². The van der Waals surface area contributed by atoms with Gasteiger partial charge in [0.15, 0.2) is 5.78 Å². The van der Waals surface area contributed by atoms with Crippen molar-refractivity contribution < 1.29 is 27.4 Å². The second-order valence-corrected chi connectivity index (χ2v) is 4.81. The number of benzene rings is 2. The third-order valence-corrected chi connectivity index (χ3v) is 3.17. The van der Waals surface area contributed by atoms with Crippen LogP contribution in [0.3, 0.4) is 0 Å². The first-order valence-electron chi connectivity index (χ1n) is 6.82. The summed E-state index contributed by atoms with van der Waals surface area (Å²) in [7, 11) is 1.15. The molecule has 0 saturated carbocycles. The molecule has 2 aromatic rings. The number of alkyl halides is 3. The van der Waals surface area contributed by atoms with E-state index >= 15 is 0 Å². The van der Waals surface area contributed by atoms with Gasteiger partial charge >= 0.3 is 6.18 Å². The van der Waals surface area contributed by atoms with E-state index in [-0.39, 0.29) is 24.5 Å². The Morgan fingerprint density at radius 3 is 2.39 bits per heavy atom. The van der Waals surface area contributed by atoms with Gasteiger partial charge in [0, 0.05) is 5.56 Å². The van der Waals surface area contributed by atoms with Gasteiger partial charge in [-0.15, -0.1) is 0 Å². The zero-order valence-electron chi connectivity index (χ0n) is 12.4. The van der Waals surface area contributed by atoms with Crippen LogP contribution in [0.5, 0.6) is 5.75 Å². The number of ketones is 1. The van der Waals surface area contributed by atoms with Crippen molar-refractivity contribution in [3.8, 4) is 5.75 Å². The molecule has 23 heavy (non-hydrogen) atoms. The summed E-state index contributed by atoms with van der Waals surface area (Å²) in [4.78, 5) is 12.0. The highest BCUT2D eigenvalue weighted by molar-refractivity contribution is 5.97. The molecule has 0 heterocycles. The first-order valence-corrected chi connectivity index (χ1v) is 6.82. The van der Waals surface area contributed by atoms with Crippen molar-refractivity contribution in [3.63, 3.8) is 0 Å². The standard InChI is InChI=1S/C17H15F3O3/c1-22-16-8-7-13(9-14(16)17(18,19)20)15(21)11-23-10-12-5-3-2-4-6-12/h2-9H,10-11H2,1H3. The van der Waals surface area contributed by atoms with Gasteiger partial charge in [-0.05, 0) is 23.8 Å². The smallest absolute Gasteiger partial charge is 0.419 e. The molecule has 6 heteroatoms. The van der Waals surface area contributed by atoms with Crippen molar-refractivity contribution in [2.24, 2.45) is 0 Å². The number of methoxy groups -OCH3 is 1. The summed E-state index contributed by atoms with van der Waals surface area (Å²) in [5.41, 5.74) is -0.161. The second kappa shape index (κ2) is 7.28. The lowest BCUT2D eigenvalue weighted by Crippen LogP contribution is -2.13. The average molecular weight is 324 g/mol. The van der Waals surface area contributed by atoms with Gasteiger partial charge in [0.2, 0.25) is 0 Å². The van der Waals surface area contributed by atoms with Gasteiger partial charge < -0.3 is 9.47 Å². The zero-order valence-corrected chi connectivity index (χ0v) is 12.4. The molecule has 0 N–H and O–H groups in total.